The van der Waals surface area contributed by atoms with Crippen LogP contribution in [-0.2, 0) is 0 Å². The van der Waals surface area contributed by atoms with Gasteiger partial charge in [0.2, 0.25) is 0 Å². The first-order valence-corrected chi connectivity index (χ1v) is 20.8. The summed E-state index contributed by atoms with van der Waals surface area (Å²) in [6.07, 6.45) is 0. The van der Waals surface area contributed by atoms with Crippen molar-refractivity contribution in [3.63, 3.8) is 0 Å². The van der Waals surface area contributed by atoms with Gasteiger partial charge >= 0.3 is 0 Å². The molecule has 0 spiro atoms. The molecule has 0 bridgehead atoms. The minimum absolute atomic E-state index is 0.905. The van der Waals surface area contributed by atoms with Gasteiger partial charge in [-0.25, -0.2) is 0 Å². The van der Waals surface area contributed by atoms with Gasteiger partial charge in [-0.05, 0) is 105 Å². The van der Waals surface area contributed by atoms with Gasteiger partial charge in [-0.3, -0.25) is 0 Å². The number of benzene rings is 10. The third kappa shape index (κ3) is 5.90. The van der Waals surface area contributed by atoms with E-state index >= 15 is 0 Å². The molecule has 3 heteroatoms. The van der Waals surface area contributed by atoms with Gasteiger partial charge in [-0.2, -0.15) is 0 Å². The van der Waals surface area contributed by atoms with E-state index in [1.807, 2.05) is 12.1 Å². The monoisotopic (exact) mass is 778 g/mol. The molecule has 0 aliphatic carbocycles. The smallest absolute Gasteiger partial charge is 0.143 e. The molecule has 0 unspecified atom stereocenters. The Kier molecular flexibility index (Phi) is 8.17. The number of anilines is 3. The normalized spacial score (nSPS) is 11.6. The molecule has 2 heterocycles. The van der Waals surface area contributed by atoms with E-state index in [0.717, 1.165) is 61.4 Å². The number of rotatable bonds is 7. The van der Waals surface area contributed by atoms with Crippen LogP contribution in [0, 0.1) is 0 Å². The Morgan fingerprint density at radius 3 is 1.72 bits per heavy atom. The van der Waals surface area contributed by atoms with Crippen molar-refractivity contribution >= 4 is 71.6 Å². The van der Waals surface area contributed by atoms with Gasteiger partial charge in [-0.1, -0.05) is 164 Å². The highest BCUT2D eigenvalue weighted by atomic mass is 16.3. The molecule has 61 heavy (non-hydrogen) atoms. The van der Waals surface area contributed by atoms with Crippen molar-refractivity contribution in [3.05, 3.63) is 231 Å². The summed E-state index contributed by atoms with van der Waals surface area (Å²) in [6, 6.07) is 82.8. The SMILES string of the molecule is c1ccc(-c2cccc(N(c3ccc(-c4ccc(-n5c6ccccc6c6c7ccccc7ccc65)cc4)cc3)c3ccc(-c4cccc5c4oc4ccccc45)cc3)c2)cc1. The summed E-state index contributed by atoms with van der Waals surface area (Å²) in [5.41, 5.74) is 15.5. The van der Waals surface area contributed by atoms with Crippen LogP contribution in [0.5, 0.6) is 0 Å². The number of para-hydroxylation sites is 3. The second kappa shape index (κ2) is 14.3. The van der Waals surface area contributed by atoms with Crippen LogP contribution < -0.4 is 4.90 Å². The third-order valence-electron chi connectivity index (χ3n) is 12.2. The number of nitrogens with zero attached hydrogens (tertiary/aromatic N) is 2. The quantitative estimate of drug-likeness (QED) is 0.161. The maximum Gasteiger partial charge on any atom is 0.143 e. The first-order valence-electron chi connectivity index (χ1n) is 20.8. The topological polar surface area (TPSA) is 21.3 Å². The first-order chi connectivity index (χ1) is 30.2. The first kappa shape index (κ1) is 34.9. The molecule has 12 rings (SSSR count). The molecular weight excluding hydrogens is 741 g/mol. The summed E-state index contributed by atoms with van der Waals surface area (Å²) in [5.74, 6) is 0. The van der Waals surface area contributed by atoms with Crippen LogP contribution >= 0.6 is 0 Å². The molecule has 0 amide bonds. The van der Waals surface area contributed by atoms with Gasteiger partial charge < -0.3 is 13.9 Å². The molecular formula is C58H38N2O. The summed E-state index contributed by atoms with van der Waals surface area (Å²) in [5, 5.41) is 7.37. The Hall–Kier alpha value is -8.14. The molecule has 0 saturated carbocycles. The zero-order valence-corrected chi connectivity index (χ0v) is 33.2. The Balaban J connectivity index is 0.912. The van der Waals surface area contributed by atoms with Crippen molar-refractivity contribution in [2.45, 2.75) is 0 Å². The van der Waals surface area contributed by atoms with E-state index in [1.165, 1.54) is 49.3 Å². The standard InChI is InChI=1S/C58H38N2O/c1-2-12-39(13-3-1)44-15-10-16-48(38-44)59(46-35-28-43(29-36-46)50-20-11-21-52-51-18-7-9-23-56(51)61-58(50)52)45-31-24-40(25-32-45)41-26-33-47(34-27-41)60-54-22-8-6-19-53(54)57-49-17-5-4-14-42(49)30-37-55(57)60/h1-38H. The van der Waals surface area contributed by atoms with Crippen LogP contribution in [0.25, 0.3) is 93.6 Å². The highest BCUT2D eigenvalue weighted by Crippen LogP contribution is 2.41. The summed E-state index contributed by atoms with van der Waals surface area (Å²) in [6.45, 7) is 0. The van der Waals surface area contributed by atoms with Crippen molar-refractivity contribution < 1.29 is 4.42 Å². The van der Waals surface area contributed by atoms with Crippen molar-refractivity contribution in [2.75, 3.05) is 4.90 Å². The van der Waals surface area contributed by atoms with Gasteiger partial charge in [0.05, 0.1) is 11.0 Å². The second-order valence-corrected chi connectivity index (χ2v) is 15.7. The van der Waals surface area contributed by atoms with Crippen molar-refractivity contribution in [3.8, 4) is 39.1 Å². The predicted molar refractivity (Wildman–Crippen MR) is 257 cm³/mol. The summed E-state index contributed by atoms with van der Waals surface area (Å²) < 4.78 is 8.82. The molecule has 0 atom stereocenters. The Morgan fingerprint density at radius 2 is 0.934 bits per heavy atom. The minimum Gasteiger partial charge on any atom is -0.455 e. The van der Waals surface area contributed by atoms with Crippen molar-refractivity contribution in [2.24, 2.45) is 0 Å². The van der Waals surface area contributed by atoms with E-state index in [4.69, 9.17) is 4.42 Å². The van der Waals surface area contributed by atoms with Gasteiger partial charge in [-0.15, -0.1) is 0 Å². The molecule has 0 saturated heterocycles. The summed E-state index contributed by atoms with van der Waals surface area (Å²) in [4.78, 5) is 2.34. The Labute approximate surface area is 353 Å². The van der Waals surface area contributed by atoms with E-state index in [1.54, 1.807) is 0 Å². The third-order valence-corrected chi connectivity index (χ3v) is 12.2. The fourth-order valence-electron chi connectivity index (χ4n) is 9.29. The van der Waals surface area contributed by atoms with Crippen LogP contribution in [0.4, 0.5) is 17.1 Å². The summed E-state index contributed by atoms with van der Waals surface area (Å²) in [7, 11) is 0. The second-order valence-electron chi connectivity index (χ2n) is 15.7. The predicted octanol–water partition coefficient (Wildman–Crippen LogP) is 16.3. The van der Waals surface area contributed by atoms with Gasteiger partial charge in [0.25, 0.3) is 0 Å². The molecule has 0 aliphatic heterocycles. The lowest BCUT2D eigenvalue weighted by molar-refractivity contribution is 0.670. The van der Waals surface area contributed by atoms with Gasteiger partial charge in [0.1, 0.15) is 11.2 Å². The van der Waals surface area contributed by atoms with Gasteiger partial charge in [0, 0.05) is 49.9 Å². The number of aromatic nitrogens is 1. The highest BCUT2D eigenvalue weighted by molar-refractivity contribution is 6.21. The van der Waals surface area contributed by atoms with Crippen molar-refractivity contribution in [1.29, 1.82) is 0 Å². The van der Waals surface area contributed by atoms with Crippen molar-refractivity contribution in [1.82, 2.24) is 4.57 Å². The number of furan rings is 1. The largest absolute Gasteiger partial charge is 0.455 e. The molecule has 286 valence electrons. The van der Waals surface area contributed by atoms with Crippen LogP contribution in [-0.4, -0.2) is 4.57 Å². The van der Waals surface area contributed by atoms with E-state index in [9.17, 15) is 0 Å². The van der Waals surface area contributed by atoms with Crippen LogP contribution in [0.15, 0.2) is 235 Å². The molecule has 0 radical (unpaired) electrons. The lowest BCUT2D eigenvalue weighted by Crippen LogP contribution is -2.10. The summed E-state index contributed by atoms with van der Waals surface area (Å²) >= 11 is 0. The number of hydrogen-bond acceptors (Lipinski definition) is 2. The van der Waals surface area contributed by atoms with E-state index in [2.05, 4.69) is 228 Å². The number of fused-ring (bicyclic) bond motifs is 8. The molecule has 10 aromatic carbocycles. The zero-order valence-electron chi connectivity index (χ0n) is 33.2. The van der Waals surface area contributed by atoms with E-state index in [0.29, 0.717) is 0 Å². The van der Waals surface area contributed by atoms with E-state index < -0.39 is 0 Å². The Bertz CT molecular complexity index is 3560. The van der Waals surface area contributed by atoms with Crippen LogP contribution in [0.2, 0.25) is 0 Å². The fourth-order valence-corrected chi connectivity index (χ4v) is 9.29. The maximum atomic E-state index is 6.42. The van der Waals surface area contributed by atoms with Gasteiger partial charge in [0.15, 0.2) is 0 Å². The number of hydrogen-bond donors (Lipinski definition) is 0. The molecule has 3 nitrogen and oxygen atoms in total. The minimum atomic E-state index is 0.905. The lowest BCUT2D eigenvalue weighted by Gasteiger charge is -2.26. The van der Waals surface area contributed by atoms with Crippen LogP contribution in [0.1, 0.15) is 0 Å². The molecule has 0 aliphatic rings. The Morgan fingerprint density at radius 1 is 0.344 bits per heavy atom. The molecule has 0 N–H and O–H groups in total. The average molecular weight is 779 g/mol. The van der Waals surface area contributed by atoms with Crippen LogP contribution in [0.3, 0.4) is 0 Å². The molecule has 2 aromatic heterocycles. The maximum absolute atomic E-state index is 6.42. The molecule has 12 aromatic rings. The van der Waals surface area contributed by atoms with E-state index in [-0.39, 0.29) is 0 Å². The fraction of sp³-hybridized carbons (Fsp3) is 0. The highest BCUT2D eigenvalue weighted by Gasteiger charge is 2.18. The lowest BCUT2D eigenvalue weighted by atomic mass is 10.0. The average Bonchev–Trinajstić information content (AvgIpc) is 3.89. The molecule has 0 fully saturated rings. The zero-order chi connectivity index (χ0) is 40.3.